The Labute approximate surface area is 114 Å². The summed E-state index contributed by atoms with van der Waals surface area (Å²) in [6.07, 6.45) is 5.15. The molecule has 1 aromatic heterocycles. The number of anilines is 2. The van der Waals surface area contributed by atoms with Crippen molar-refractivity contribution in [1.82, 2.24) is 9.97 Å². The predicted octanol–water partition coefficient (Wildman–Crippen LogP) is 2.01. The zero-order valence-corrected chi connectivity index (χ0v) is 11.8. The molecule has 0 amide bonds. The maximum atomic E-state index is 5.43. The Morgan fingerprint density at radius 2 is 2.11 bits per heavy atom. The number of hydrogen-bond donors (Lipinski definition) is 3. The lowest BCUT2D eigenvalue weighted by atomic mass is 9.93. The van der Waals surface area contributed by atoms with Crippen molar-refractivity contribution in [1.29, 1.82) is 0 Å². The Hall–Kier alpha value is -1.56. The molecule has 1 heterocycles. The van der Waals surface area contributed by atoms with E-state index in [1.165, 1.54) is 19.2 Å². The largest absolute Gasteiger partial charge is 0.490 e. The highest BCUT2D eigenvalue weighted by molar-refractivity contribution is 5.63. The van der Waals surface area contributed by atoms with Crippen LogP contribution in [0.25, 0.3) is 0 Å². The number of ether oxygens (including phenoxy) is 1. The lowest BCUT2D eigenvalue weighted by Crippen LogP contribution is -2.25. The number of hydrogen-bond acceptors (Lipinski definition) is 6. The lowest BCUT2D eigenvalue weighted by molar-refractivity contribution is 0.388. The molecule has 2 rings (SSSR count). The summed E-state index contributed by atoms with van der Waals surface area (Å²) in [7, 11) is 1.59. The van der Waals surface area contributed by atoms with Crippen molar-refractivity contribution >= 4 is 11.6 Å². The van der Waals surface area contributed by atoms with Gasteiger partial charge in [0.15, 0.2) is 11.6 Å². The summed E-state index contributed by atoms with van der Waals surface area (Å²) in [5.41, 5.74) is 2.53. The molecule has 0 aliphatic heterocycles. The minimum atomic E-state index is 0.430. The van der Waals surface area contributed by atoms with Crippen LogP contribution in [0.2, 0.25) is 0 Å². The fraction of sp³-hybridized carbons (Fsp3) is 0.692. The monoisotopic (exact) mass is 265 g/mol. The summed E-state index contributed by atoms with van der Waals surface area (Å²) < 4.78 is 5.34. The summed E-state index contributed by atoms with van der Waals surface area (Å²) in [6, 6.07) is 0.430. The van der Waals surface area contributed by atoms with E-state index < -0.39 is 0 Å². The van der Waals surface area contributed by atoms with Gasteiger partial charge in [0.2, 0.25) is 5.75 Å². The number of rotatable bonds is 5. The van der Waals surface area contributed by atoms with E-state index in [1.54, 1.807) is 7.11 Å². The van der Waals surface area contributed by atoms with Crippen LogP contribution in [0.15, 0.2) is 6.33 Å². The first-order valence-electron chi connectivity index (χ1n) is 6.83. The number of nitrogens with two attached hydrogens (primary N) is 1. The number of aromatic nitrogens is 2. The average Bonchev–Trinajstić information content (AvgIpc) is 2.79. The van der Waals surface area contributed by atoms with Crippen LogP contribution in [0.4, 0.5) is 11.6 Å². The first kappa shape index (κ1) is 13.9. The van der Waals surface area contributed by atoms with Crippen LogP contribution in [0.1, 0.15) is 33.1 Å². The first-order chi connectivity index (χ1) is 9.21. The van der Waals surface area contributed by atoms with Crippen LogP contribution in [0.3, 0.4) is 0 Å². The molecule has 106 valence electrons. The van der Waals surface area contributed by atoms with Gasteiger partial charge in [-0.3, -0.25) is 0 Å². The smallest absolute Gasteiger partial charge is 0.205 e. The van der Waals surface area contributed by atoms with Crippen LogP contribution in [-0.4, -0.2) is 23.1 Å². The maximum Gasteiger partial charge on any atom is 0.205 e. The second-order valence-corrected chi connectivity index (χ2v) is 5.10. The van der Waals surface area contributed by atoms with E-state index >= 15 is 0 Å². The molecule has 1 fully saturated rings. The molecule has 0 bridgehead atoms. The van der Waals surface area contributed by atoms with Gasteiger partial charge in [0.1, 0.15) is 6.33 Å². The number of methoxy groups -OCH3 is 1. The zero-order chi connectivity index (χ0) is 13.8. The number of hydrazine groups is 1. The topological polar surface area (TPSA) is 85.1 Å². The average molecular weight is 265 g/mol. The number of nitrogen functional groups attached to an aromatic ring is 1. The van der Waals surface area contributed by atoms with E-state index in [4.69, 9.17) is 10.6 Å². The molecule has 0 radical (unpaired) electrons. The third-order valence-corrected chi connectivity index (χ3v) is 4.22. The molecule has 0 saturated heterocycles. The molecule has 1 aromatic rings. The highest BCUT2D eigenvalue weighted by Gasteiger charge is 2.32. The van der Waals surface area contributed by atoms with Crippen molar-refractivity contribution in [3.05, 3.63) is 6.33 Å². The van der Waals surface area contributed by atoms with E-state index in [1.807, 2.05) is 0 Å². The molecule has 1 aliphatic rings. The lowest BCUT2D eigenvalue weighted by Gasteiger charge is -2.22. The minimum Gasteiger partial charge on any atom is -0.490 e. The van der Waals surface area contributed by atoms with Crippen LogP contribution in [0, 0.1) is 11.8 Å². The quantitative estimate of drug-likeness (QED) is 0.558. The Morgan fingerprint density at radius 3 is 2.68 bits per heavy atom. The van der Waals surface area contributed by atoms with E-state index in [9.17, 15) is 0 Å². The predicted molar refractivity (Wildman–Crippen MR) is 76.0 cm³/mol. The normalized spacial score (nSPS) is 26.2. The van der Waals surface area contributed by atoms with Crippen LogP contribution in [-0.2, 0) is 0 Å². The van der Waals surface area contributed by atoms with Gasteiger partial charge in [-0.1, -0.05) is 20.3 Å². The fourth-order valence-electron chi connectivity index (χ4n) is 2.98. The highest BCUT2D eigenvalue weighted by Crippen LogP contribution is 2.37. The molecule has 1 saturated carbocycles. The summed E-state index contributed by atoms with van der Waals surface area (Å²) in [4.78, 5) is 8.31. The number of nitrogens with one attached hydrogen (secondary N) is 2. The molecule has 0 spiro atoms. The maximum absolute atomic E-state index is 5.43. The van der Waals surface area contributed by atoms with Gasteiger partial charge in [0, 0.05) is 6.04 Å². The fourth-order valence-corrected chi connectivity index (χ4v) is 2.98. The summed E-state index contributed by atoms with van der Waals surface area (Å²) in [5, 5.41) is 3.48. The summed E-state index contributed by atoms with van der Waals surface area (Å²) >= 11 is 0. The second-order valence-electron chi connectivity index (χ2n) is 5.10. The van der Waals surface area contributed by atoms with Crippen molar-refractivity contribution in [2.24, 2.45) is 17.7 Å². The SMILES string of the molecule is CCC1CCC(Nc2ncnc(NN)c2OC)C1C. The Morgan fingerprint density at radius 1 is 1.37 bits per heavy atom. The zero-order valence-electron chi connectivity index (χ0n) is 11.8. The molecule has 4 N–H and O–H groups in total. The van der Waals surface area contributed by atoms with Gasteiger partial charge in [0.25, 0.3) is 0 Å². The summed E-state index contributed by atoms with van der Waals surface area (Å²) in [6.45, 7) is 4.56. The van der Waals surface area contributed by atoms with Gasteiger partial charge >= 0.3 is 0 Å². The van der Waals surface area contributed by atoms with Gasteiger partial charge in [-0.05, 0) is 24.7 Å². The highest BCUT2D eigenvalue weighted by atomic mass is 16.5. The van der Waals surface area contributed by atoms with Gasteiger partial charge in [0.05, 0.1) is 7.11 Å². The van der Waals surface area contributed by atoms with Crippen LogP contribution < -0.4 is 21.3 Å². The van der Waals surface area contributed by atoms with Gasteiger partial charge in [-0.2, -0.15) is 0 Å². The van der Waals surface area contributed by atoms with Crippen molar-refractivity contribution in [3.63, 3.8) is 0 Å². The number of nitrogens with zero attached hydrogens (tertiary/aromatic N) is 2. The van der Waals surface area contributed by atoms with Crippen LogP contribution >= 0.6 is 0 Å². The van der Waals surface area contributed by atoms with Crippen molar-refractivity contribution in [2.45, 2.75) is 39.2 Å². The van der Waals surface area contributed by atoms with Gasteiger partial charge in [-0.15, -0.1) is 0 Å². The van der Waals surface area contributed by atoms with Crippen molar-refractivity contribution < 1.29 is 4.74 Å². The molecular formula is C13H23N5O. The molecule has 0 aromatic carbocycles. The summed E-state index contributed by atoms with van der Waals surface area (Å²) in [5.74, 6) is 8.63. The van der Waals surface area contributed by atoms with E-state index in [0.29, 0.717) is 29.3 Å². The Bertz CT molecular complexity index is 425. The van der Waals surface area contributed by atoms with Gasteiger partial charge in [-0.25, -0.2) is 15.8 Å². The Kier molecular flexibility index (Phi) is 4.42. The van der Waals surface area contributed by atoms with E-state index in [-0.39, 0.29) is 0 Å². The first-order valence-corrected chi connectivity index (χ1v) is 6.83. The minimum absolute atomic E-state index is 0.430. The van der Waals surface area contributed by atoms with Crippen LogP contribution in [0.5, 0.6) is 5.75 Å². The Balaban J connectivity index is 2.15. The van der Waals surface area contributed by atoms with Gasteiger partial charge < -0.3 is 15.5 Å². The van der Waals surface area contributed by atoms with E-state index in [2.05, 4.69) is 34.6 Å². The molecule has 6 nitrogen and oxygen atoms in total. The third-order valence-electron chi connectivity index (χ3n) is 4.22. The molecule has 1 aliphatic carbocycles. The standard InChI is InChI=1S/C13H23N5O/c1-4-9-5-6-10(8(9)2)17-12-11(19-3)13(18-14)16-7-15-12/h7-10H,4-6,14H2,1-3H3,(H2,15,16,17,18). The molecule has 3 atom stereocenters. The van der Waals surface area contributed by atoms with Crippen molar-refractivity contribution in [3.8, 4) is 5.75 Å². The molecular weight excluding hydrogens is 242 g/mol. The van der Waals surface area contributed by atoms with Crippen molar-refractivity contribution in [2.75, 3.05) is 17.9 Å². The second kappa shape index (κ2) is 6.06. The molecule has 6 heteroatoms. The van der Waals surface area contributed by atoms with E-state index in [0.717, 1.165) is 12.3 Å². The third kappa shape index (κ3) is 2.73. The molecule has 19 heavy (non-hydrogen) atoms. The molecule has 3 unspecified atom stereocenters.